The third-order valence-corrected chi connectivity index (χ3v) is 5.77. The molecule has 0 amide bonds. The number of hydrogen-bond acceptors (Lipinski definition) is 6. The first-order valence-corrected chi connectivity index (χ1v) is 10.6. The Labute approximate surface area is 164 Å². The van der Waals surface area contributed by atoms with Gasteiger partial charge < -0.3 is 9.64 Å². The Hall–Kier alpha value is -2.87. The summed E-state index contributed by atoms with van der Waals surface area (Å²) in [4.78, 5) is 26.5. The van der Waals surface area contributed by atoms with Gasteiger partial charge in [0, 0.05) is 31.9 Å². The van der Waals surface area contributed by atoms with E-state index in [4.69, 9.17) is 4.74 Å². The molecule has 0 saturated carbocycles. The lowest BCUT2D eigenvalue weighted by Crippen LogP contribution is -2.27. The van der Waals surface area contributed by atoms with Crippen molar-refractivity contribution in [2.24, 2.45) is 0 Å². The van der Waals surface area contributed by atoms with Crippen LogP contribution in [0.25, 0.3) is 0 Å². The molecule has 0 bridgehead atoms. The van der Waals surface area contributed by atoms with E-state index in [0.29, 0.717) is 29.8 Å². The number of ether oxygens (including phenoxy) is 1. The summed E-state index contributed by atoms with van der Waals surface area (Å²) in [7, 11) is 0.400. The molecule has 0 unspecified atom stereocenters. The van der Waals surface area contributed by atoms with Gasteiger partial charge in [-0.15, -0.1) is 0 Å². The largest absolute Gasteiger partial charge is 0.454 e. The van der Waals surface area contributed by atoms with Crippen LogP contribution in [0.3, 0.4) is 0 Å². The van der Waals surface area contributed by atoms with E-state index in [1.54, 1.807) is 36.4 Å². The summed E-state index contributed by atoms with van der Waals surface area (Å²) in [6.07, 6.45) is 1.70. The topological polar surface area (TPSA) is 84.0 Å². The van der Waals surface area contributed by atoms with Crippen LogP contribution in [-0.2, 0) is 21.2 Å². The average Bonchev–Trinajstić information content (AvgIpc) is 3.09. The molecule has 1 aliphatic heterocycles. The number of esters is 1. The van der Waals surface area contributed by atoms with Crippen LogP contribution in [0.15, 0.2) is 42.5 Å². The number of hydrogen-bond donors (Lipinski definition) is 0. The summed E-state index contributed by atoms with van der Waals surface area (Å²) in [6, 6.07) is 11.8. The molecule has 148 valence electrons. The lowest BCUT2D eigenvalue weighted by atomic mass is 10.1. The van der Waals surface area contributed by atoms with E-state index in [-0.39, 0.29) is 12.4 Å². The van der Waals surface area contributed by atoms with Gasteiger partial charge in [-0.2, -0.15) is 0 Å². The zero-order valence-electron chi connectivity index (χ0n) is 16.0. The van der Waals surface area contributed by atoms with Crippen molar-refractivity contribution in [3.05, 3.63) is 59.2 Å². The minimum Gasteiger partial charge on any atom is -0.454 e. The summed E-state index contributed by atoms with van der Waals surface area (Å²) in [5.74, 6) is -0.904. The number of carbonyl (C=O) groups excluding carboxylic acids is 2. The molecule has 2 aromatic rings. The van der Waals surface area contributed by atoms with Gasteiger partial charge in [0.25, 0.3) is 0 Å². The van der Waals surface area contributed by atoms with Gasteiger partial charge in [-0.3, -0.25) is 9.10 Å². The molecule has 0 N–H and O–H groups in total. The number of fused-ring (bicyclic) bond motifs is 1. The van der Waals surface area contributed by atoms with Crippen molar-refractivity contribution in [1.29, 1.82) is 0 Å². The number of rotatable bonds is 6. The van der Waals surface area contributed by atoms with E-state index >= 15 is 0 Å². The van der Waals surface area contributed by atoms with Gasteiger partial charge in [0.05, 0.1) is 17.5 Å². The highest BCUT2D eigenvalue weighted by atomic mass is 32.2. The molecule has 2 aromatic carbocycles. The Morgan fingerprint density at radius 2 is 1.86 bits per heavy atom. The zero-order valence-corrected chi connectivity index (χ0v) is 16.8. The van der Waals surface area contributed by atoms with Gasteiger partial charge in [-0.05, 0) is 48.4 Å². The Bertz CT molecular complexity index is 1030. The van der Waals surface area contributed by atoms with E-state index in [2.05, 4.69) is 0 Å². The highest BCUT2D eigenvalue weighted by Crippen LogP contribution is 2.30. The Morgan fingerprint density at radius 3 is 2.54 bits per heavy atom. The number of carbonyl (C=O) groups is 2. The summed E-state index contributed by atoms with van der Waals surface area (Å²) in [5.41, 5.74) is 3.01. The highest BCUT2D eigenvalue weighted by molar-refractivity contribution is 7.92. The molecule has 0 spiro atoms. The smallest absolute Gasteiger partial charge is 0.338 e. The van der Waals surface area contributed by atoms with E-state index in [1.165, 1.54) is 4.31 Å². The number of nitrogens with zero attached hydrogens (tertiary/aromatic N) is 2. The third-order valence-electron chi connectivity index (χ3n) is 4.59. The monoisotopic (exact) mass is 402 g/mol. The van der Waals surface area contributed by atoms with Crippen molar-refractivity contribution in [2.45, 2.75) is 6.42 Å². The van der Waals surface area contributed by atoms with Gasteiger partial charge >= 0.3 is 5.97 Å². The molecule has 3 rings (SSSR count). The molecule has 0 atom stereocenters. The van der Waals surface area contributed by atoms with Crippen molar-refractivity contribution in [3.63, 3.8) is 0 Å². The van der Waals surface area contributed by atoms with E-state index < -0.39 is 16.0 Å². The number of anilines is 2. The van der Waals surface area contributed by atoms with Crippen molar-refractivity contribution in [2.75, 3.05) is 42.7 Å². The fourth-order valence-corrected chi connectivity index (χ4v) is 4.06. The molecule has 28 heavy (non-hydrogen) atoms. The molecule has 1 aliphatic rings. The maximum absolute atomic E-state index is 12.4. The summed E-state index contributed by atoms with van der Waals surface area (Å²) in [6.45, 7) is -0.0113. The van der Waals surface area contributed by atoms with Crippen LogP contribution in [0.5, 0.6) is 0 Å². The quantitative estimate of drug-likeness (QED) is 0.544. The first-order chi connectivity index (χ1) is 13.2. The molecule has 0 radical (unpaired) electrons. The SMILES string of the molecule is CN(C)c1cccc(C(=O)OCC(=O)c2ccc3c(c2)CCN3S(C)(=O)=O)c1. The minimum absolute atomic E-state index is 0.335. The molecule has 1 heterocycles. The van der Waals surface area contributed by atoms with Gasteiger partial charge in [-0.25, -0.2) is 13.2 Å². The lowest BCUT2D eigenvalue weighted by Gasteiger charge is -2.16. The molecule has 0 fully saturated rings. The van der Waals surface area contributed by atoms with E-state index in [9.17, 15) is 18.0 Å². The third kappa shape index (κ3) is 4.17. The fourth-order valence-electron chi connectivity index (χ4n) is 3.10. The lowest BCUT2D eigenvalue weighted by molar-refractivity contribution is 0.0475. The predicted molar refractivity (Wildman–Crippen MR) is 108 cm³/mol. The molecule has 0 aromatic heterocycles. The summed E-state index contributed by atoms with van der Waals surface area (Å²) in [5, 5.41) is 0. The maximum atomic E-state index is 12.4. The molecule has 0 saturated heterocycles. The first kappa shape index (κ1) is 19.9. The Kier molecular flexibility index (Phi) is 5.42. The number of ketones is 1. The number of sulfonamides is 1. The molecular weight excluding hydrogens is 380 g/mol. The summed E-state index contributed by atoms with van der Waals surface area (Å²) >= 11 is 0. The van der Waals surface area contributed by atoms with Gasteiger partial charge in [-0.1, -0.05) is 6.07 Å². The van der Waals surface area contributed by atoms with Gasteiger partial charge in [0.15, 0.2) is 12.4 Å². The average molecular weight is 402 g/mol. The van der Waals surface area contributed by atoms with Crippen LogP contribution in [0.2, 0.25) is 0 Å². The second-order valence-corrected chi connectivity index (χ2v) is 8.78. The molecule has 8 heteroatoms. The van der Waals surface area contributed by atoms with Crippen molar-refractivity contribution in [1.82, 2.24) is 0 Å². The first-order valence-electron chi connectivity index (χ1n) is 8.75. The number of benzene rings is 2. The van der Waals surface area contributed by atoms with E-state index in [1.807, 2.05) is 25.1 Å². The number of Topliss-reactive ketones (excluding diaryl/α,β-unsaturated/α-hetero) is 1. The predicted octanol–water partition coefficient (Wildman–Crippen LogP) is 2.11. The standard InChI is InChI=1S/C20H22N2O5S/c1-21(2)17-6-4-5-16(12-17)20(24)27-13-19(23)15-7-8-18-14(11-15)9-10-22(18)28(3,25)26/h4-8,11-12H,9-10,13H2,1-3H3. The van der Waals surface area contributed by atoms with Crippen LogP contribution in [0.4, 0.5) is 11.4 Å². The normalized spacial score (nSPS) is 13.2. The maximum Gasteiger partial charge on any atom is 0.338 e. The van der Waals surface area contributed by atoms with Crippen LogP contribution >= 0.6 is 0 Å². The molecule has 7 nitrogen and oxygen atoms in total. The fraction of sp³-hybridized carbons (Fsp3) is 0.300. The Morgan fingerprint density at radius 1 is 1.11 bits per heavy atom. The second kappa shape index (κ2) is 7.63. The highest BCUT2D eigenvalue weighted by Gasteiger charge is 2.26. The second-order valence-electron chi connectivity index (χ2n) is 6.87. The van der Waals surface area contributed by atoms with E-state index in [0.717, 1.165) is 17.5 Å². The molecular formula is C20H22N2O5S. The minimum atomic E-state index is -3.34. The van der Waals surface area contributed by atoms with Gasteiger partial charge in [0.2, 0.25) is 10.0 Å². The Balaban J connectivity index is 1.68. The zero-order chi connectivity index (χ0) is 20.5. The van der Waals surface area contributed by atoms with Crippen molar-refractivity contribution in [3.8, 4) is 0 Å². The van der Waals surface area contributed by atoms with Crippen LogP contribution in [0.1, 0.15) is 26.3 Å². The molecule has 0 aliphatic carbocycles. The van der Waals surface area contributed by atoms with Crippen LogP contribution in [0, 0.1) is 0 Å². The van der Waals surface area contributed by atoms with Crippen molar-refractivity contribution < 1.29 is 22.7 Å². The van der Waals surface area contributed by atoms with Crippen molar-refractivity contribution >= 4 is 33.2 Å². The van der Waals surface area contributed by atoms with Crippen LogP contribution < -0.4 is 9.21 Å². The van der Waals surface area contributed by atoms with Gasteiger partial charge in [0.1, 0.15) is 0 Å². The summed E-state index contributed by atoms with van der Waals surface area (Å²) < 4.78 is 30.1. The van der Waals surface area contributed by atoms with Crippen LogP contribution in [-0.4, -0.2) is 53.7 Å².